The van der Waals surface area contributed by atoms with Crippen LogP contribution in [0.25, 0.3) is 0 Å². The van der Waals surface area contributed by atoms with Crippen molar-refractivity contribution in [1.82, 2.24) is 10.6 Å². The number of aliphatic carboxylic acids is 1. The van der Waals surface area contributed by atoms with Crippen molar-refractivity contribution in [3.63, 3.8) is 0 Å². The van der Waals surface area contributed by atoms with Crippen LogP contribution in [0.4, 0.5) is 18.0 Å². The van der Waals surface area contributed by atoms with Gasteiger partial charge in [-0.25, -0.2) is 4.79 Å². The molecule has 0 atom stereocenters. The fourth-order valence-electron chi connectivity index (χ4n) is 2.15. The van der Waals surface area contributed by atoms with Gasteiger partial charge in [0.1, 0.15) is 6.61 Å². The molecule has 1 rings (SSSR count). The van der Waals surface area contributed by atoms with Crippen LogP contribution < -0.4 is 10.6 Å². The molecule has 1 saturated carbocycles. The lowest BCUT2D eigenvalue weighted by Crippen LogP contribution is -2.45. The fourth-order valence-corrected chi connectivity index (χ4v) is 2.15. The summed E-state index contributed by atoms with van der Waals surface area (Å²) >= 11 is 0. The van der Waals surface area contributed by atoms with Gasteiger partial charge in [0.25, 0.3) is 0 Å². The molecule has 0 bridgehead atoms. The second kappa shape index (κ2) is 8.06. The Morgan fingerprint density at radius 3 is 2.33 bits per heavy atom. The molecular formula is C12H19F3N2O4. The second-order valence-corrected chi connectivity index (χ2v) is 4.95. The standard InChI is InChI=1S/C12H19F3N2O4/c13-12(14,15)7-21-6-5-16-11(20)17-9-3-1-8(2-4-9)10(18)19/h8-9H,1-7H2,(H,18,19)(H2,16,17,20). The first kappa shape index (κ1) is 17.5. The molecule has 0 aromatic heterocycles. The largest absolute Gasteiger partial charge is 0.481 e. The maximum atomic E-state index is 11.8. The zero-order valence-corrected chi connectivity index (χ0v) is 11.4. The van der Waals surface area contributed by atoms with E-state index in [4.69, 9.17) is 5.11 Å². The van der Waals surface area contributed by atoms with Crippen LogP contribution >= 0.6 is 0 Å². The maximum Gasteiger partial charge on any atom is 0.411 e. The van der Waals surface area contributed by atoms with Gasteiger partial charge in [0, 0.05) is 12.6 Å². The molecule has 9 heteroatoms. The van der Waals surface area contributed by atoms with Crippen molar-refractivity contribution < 1.29 is 32.6 Å². The summed E-state index contributed by atoms with van der Waals surface area (Å²) in [5, 5.41) is 13.9. The summed E-state index contributed by atoms with van der Waals surface area (Å²) < 4.78 is 39.7. The highest BCUT2D eigenvalue weighted by Gasteiger charge is 2.28. The number of ether oxygens (including phenoxy) is 1. The summed E-state index contributed by atoms with van der Waals surface area (Å²) in [5.74, 6) is -1.18. The minimum Gasteiger partial charge on any atom is -0.481 e. The number of halogens is 3. The Morgan fingerprint density at radius 2 is 1.81 bits per heavy atom. The van der Waals surface area contributed by atoms with Crippen molar-refractivity contribution in [1.29, 1.82) is 0 Å². The Labute approximate surface area is 120 Å². The normalized spacial score (nSPS) is 22.6. The lowest BCUT2D eigenvalue weighted by Gasteiger charge is -2.26. The summed E-state index contributed by atoms with van der Waals surface area (Å²) in [7, 11) is 0. The minimum absolute atomic E-state index is 0.0214. The van der Waals surface area contributed by atoms with Crippen LogP contribution in [0.1, 0.15) is 25.7 Å². The van der Waals surface area contributed by atoms with E-state index >= 15 is 0 Å². The van der Waals surface area contributed by atoms with Gasteiger partial charge in [-0.1, -0.05) is 0 Å². The summed E-state index contributed by atoms with van der Waals surface area (Å²) in [6.45, 7) is -1.58. The van der Waals surface area contributed by atoms with Gasteiger partial charge in [-0.3, -0.25) is 4.79 Å². The average molecular weight is 312 g/mol. The first-order valence-electron chi connectivity index (χ1n) is 6.69. The van der Waals surface area contributed by atoms with Crippen LogP contribution in [0.3, 0.4) is 0 Å². The molecule has 1 fully saturated rings. The highest BCUT2D eigenvalue weighted by Crippen LogP contribution is 2.24. The van der Waals surface area contributed by atoms with Crippen LogP contribution in [0, 0.1) is 5.92 Å². The fraction of sp³-hybridized carbons (Fsp3) is 0.833. The van der Waals surface area contributed by atoms with E-state index in [-0.39, 0.29) is 25.1 Å². The van der Waals surface area contributed by atoms with Gasteiger partial charge >= 0.3 is 18.2 Å². The van der Waals surface area contributed by atoms with E-state index in [1.54, 1.807) is 0 Å². The lowest BCUT2D eigenvalue weighted by molar-refractivity contribution is -0.173. The van der Waals surface area contributed by atoms with Gasteiger partial charge in [0.05, 0.1) is 12.5 Å². The number of carbonyl (C=O) groups is 2. The van der Waals surface area contributed by atoms with Gasteiger partial charge in [0.15, 0.2) is 0 Å². The average Bonchev–Trinajstić information content (AvgIpc) is 2.37. The number of nitrogens with one attached hydrogen (secondary N) is 2. The summed E-state index contributed by atoms with van der Waals surface area (Å²) in [5.41, 5.74) is 0. The van der Waals surface area contributed by atoms with E-state index in [2.05, 4.69) is 15.4 Å². The Morgan fingerprint density at radius 1 is 1.19 bits per heavy atom. The molecule has 0 aromatic carbocycles. The SMILES string of the molecule is O=C(NCCOCC(F)(F)F)NC1CCC(C(=O)O)CC1. The quantitative estimate of drug-likeness (QED) is 0.649. The van der Waals surface area contributed by atoms with Crippen molar-refractivity contribution in [2.45, 2.75) is 37.9 Å². The van der Waals surface area contributed by atoms with Crippen LogP contribution in [-0.2, 0) is 9.53 Å². The minimum atomic E-state index is -4.37. The number of carbonyl (C=O) groups excluding carboxylic acids is 1. The number of hydrogen-bond donors (Lipinski definition) is 3. The summed E-state index contributed by atoms with van der Waals surface area (Å²) in [6.07, 6.45) is -2.20. The zero-order valence-electron chi connectivity index (χ0n) is 11.4. The number of rotatable bonds is 6. The van der Waals surface area contributed by atoms with E-state index < -0.39 is 24.8 Å². The molecular weight excluding hydrogens is 293 g/mol. The first-order chi connectivity index (χ1) is 9.78. The van der Waals surface area contributed by atoms with Crippen molar-refractivity contribution >= 4 is 12.0 Å². The molecule has 0 heterocycles. The summed E-state index contributed by atoms with van der Waals surface area (Å²) in [6, 6.07) is -0.582. The zero-order chi connectivity index (χ0) is 15.9. The predicted octanol–water partition coefficient (Wildman–Crippen LogP) is 1.51. The third-order valence-electron chi connectivity index (χ3n) is 3.21. The number of urea groups is 1. The van der Waals surface area contributed by atoms with Crippen molar-refractivity contribution in [2.24, 2.45) is 5.92 Å². The lowest BCUT2D eigenvalue weighted by atomic mass is 9.86. The Hall–Kier alpha value is -1.51. The van der Waals surface area contributed by atoms with Crippen molar-refractivity contribution in [3.8, 4) is 0 Å². The molecule has 6 nitrogen and oxygen atoms in total. The molecule has 122 valence electrons. The molecule has 0 aromatic rings. The van der Waals surface area contributed by atoms with E-state index in [0.717, 1.165) is 0 Å². The molecule has 0 radical (unpaired) electrons. The van der Waals surface area contributed by atoms with Crippen LogP contribution in [0.5, 0.6) is 0 Å². The molecule has 21 heavy (non-hydrogen) atoms. The van der Waals surface area contributed by atoms with Crippen molar-refractivity contribution in [2.75, 3.05) is 19.8 Å². The Kier molecular flexibility index (Phi) is 6.73. The Balaban J connectivity index is 2.08. The van der Waals surface area contributed by atoms with Crippen LogP contribution in [0.15, 0.2) is 0 Å². The highest BCUT2D eigenvalue weighted by atomic mass is 19.4. The Bertz CT molecular complexity index is 355. The number of amides is 2. The highest BCUT2D eigenvalue weighted by molar-refractivity contribution is 5.74. The van der Waals surface area contributed by atoms with Gasteiger partial charge in [0.2, 0.25) is 0 Å². The van der Waals surface area contributed by atoms with Crippen LogP contribution in [0.2, 0.25) is 0 Å². The van der Waals surface area contributed by atoms with E-state index in [9.17, 15) is 22.8 Å². The maximum absolute atomic E-state index is 11.8. The predicted molar refractivity (Wildman–Crippen MR) is 66.8 cm³/mol. The summed E-state index contributed by atoms with van der Waals surface area (Å²) in [4.78, 5) is 22.2. The van der Waals surface area contributed by atoms with Gasteiger partial charge in [-0.05, 0) is 25.7 Å². The molecule has 2 amide bonds. The topological polar surface area (TPSA) is 87.7 Å². The molecule has 0 aliphatic heterocycles. The first-order valence-corrected chi connectivity index (χ1v) is 6.69. The molecule has 0 spiro atoms. The molecule has 3 N–H and O–H groups in total. The van der Waals surface area contributed by atoms with Crippen LogP contribution in [-0.4, -0.2) is 49.1 Å². The number of carboxylic acid groups (broad SMARTS) is 1. The number of alkyl halides is 3. The molecule has 0 saturated heterocycles. The van der Waals surface area contributed by atoms with E-state index in [1.165, 1.54) is 0 Å². The third kappa shape index (κ3) is 7.74. The van der Waals surface area contributed by atoms with Crippen molar-refractivity contribution in [3.05, 3.63) is 0 Å². The van der Waals surface area contributed by atoms with E-state index in [1.807, 2.05) is 0 Å². The van der Waals surface area contributed by atoms with E-state index in [0.29, 0.717) is 25.7 Å². The molecule has 1 aliphatic rings. The number of carboxylic acids is 1. The second-order valence-electron chi connectivity index (χ2n) is 4.95. The molecule has 0 unspecified atom stereocenters. The third-order valence-corrected chi connectivity index (χ3v) is 3.21. The monoisotopic (exact) mass is 312 g/mol. The smallest absolute Gasteiger partial charge is 0.411 e. The van der Waals surface area contributed by atoms with Gasteiger partial charge in [-0.2, -0.15) is 13.2 Å². The van der Waals surface area contributed by atoms with Gasteiger partial charge in [-0.15, -0.1) is 0 Å². The van der Waals surface area contributed by atoms with Gasteiger partial charge < -0.3 is 20.5 Å². The number of hydrogen-bond acceptors (Lipinski definition) is 3. The molecule has 1 aliphatic carbocycles.